The van der Waals surface area contributed by atoms with E-state index in [0.29, 0.717) is 0 Å². The molecule has 0 bridgehead atoms. The SMILES string of the molecule is CN=C[C@@H](O)[C@H](O)[C@H](O)CO. The van der Waals surface area contributed by atoms with Gasteiger partial charge < -0.3 is 20.4 Å². The maximum absolute atomic E-state index is 8.97. The van der Waals surface area contributed by atoms with Crippen LogP contribution in [0.2, 0.25) is 0 Å². The lowest BCUT2D eigenvalue weighted by molar-refractivity contribution is -0.0541. The molecule has 0 aliphatic carbocycles. The van der Waals surface area contributed by atoms with Crippen LogP contribution < -0.4 is 0 Å². The average molecular weight is 163 g/mol. The molecule has 0 amide bonds. The van der Waals surface area contributed by atoms with Gasteiger partial charge in [0.25, 0.3) is 0 Å². The number of hydrogen-bond acceptors (Lipinski definition) is 5. The molecule has 0 unspecified atom stereocenters. The van der Waals surface area contributed by atoms with Gasteiger partial charge in [0.15, 0.2) is 0 Å². The van der Waals surface area contributed by atoms with Gasteiger partial charge in [0.1, 0.15) is 18.3 Å². The summed E-state index contributed by atoms with van der Waals surface area (Å²) in [5.74, 6) is 0. The minimum atomic E-state index is -1.39. The Labute approximate surface area is 64.6 Å². The smallest absolute Gasteiger partial charge is 0.117 e. The Hall–Kier alpha value is -0.490. The van der Waals surface area contributed by atoms with Crippen LogP contribution >= 0.6 is 0 Å². The van der Waals surface area contributed by atoms with Crippen LogP contribution in [0.3, 0.4) is 0 Å². The van der Waals surface area contributed by atoms with Crippen molar-refractivity contribution in [3.05, 3.63) is 0 Å². The summed E-state index contributed by atoms with van der Waals surface area (Å²) in [4.78, 5) is 3.45. The topological polar surface area (TPSA) is 93.3 Å². The maximum atomic E-state index is 8.97. The van der Waals surface area contributed by atoms with Gasteiger partial charge in [-0.3, -0.25) is 4.99 Å². The van der Waals surface area contributed by atoms with Crippen LogP contribution in [0.1, 0.15) is 0 Å². The van der Waals surface area contributed by atoms with Gasteiger partial charge in [-0.15, -0.1) is 0 Å². The number of hydrogen-bond donors (Lipinski definition) is 4. The van der Waals surface area contributed by atoms with Crippen LogP contribution in [0, 0.1) is 0 Å². The number of rotatable bonds is 4. The van der Waals surface area contributed by atoms with Crippen molar-refractivity contribution in [3.8, 4) is 0 Å². The second-order valence-electron chi connectivity index (χ2n) is 2.14. The van der Waals surface area contributed by atoms with Crippen molar-refractivity contribution in [2.75, 3.05) is 13.7 Å². The van der Waals surface area contributed by atoms with E-state index >= 15 is 0 Å². The predicted molar refractivity (Wildman–Crippen MR) is 39.5 cm³/mol. The molecule has 0 radical (unpaired) electrons. The molecule has 0 spiro atoms. The van der Waals surface area contributed by atoms with E-state index in [-0.39, 0.29) is 0 Å². The van der Waals surface area contributed by atoms with E-state index in [4.69, 9.17) is 20.4 Å². The largest absolute Gasteiger partial charge is 0.394 e. The van der Waals surface area contributed by atoms with Crippen molar-refractivity contribution in [3.63, 3.8) is 0 Å². The highest BCUT2D eigenvalue weighted by atomic mass is 16.4. The fourth-order valence-corrected chi connectivity index (χ4v) is 0.577. The first kappa shape index (κ1) is 10.5. The molecule has 0 aliphatic heterocycles. The van der Waals surface area contributed by atoms with Crippen molar-refractivity contribution in [2.24, 2.45) is 4.99 Å². The number of aliphatic hydroxyl groups excluding tert-OH is 4. The van der Waals surface area contributed by atoms with Crippen LogP contribution in [0.15, 0.2) is 4.99 Å². The Morgan fingerprint density at radius 2 is 1.91 bits per heavy atom. The van der Waals surface area contributed by atoms with Gasteiger partial charge in [0.2, 0.25) is 0 Å². The lowest BCUT2D eigenvalue weighted by Gasteiger charge is -2.17. The Balaban J connectivity index is 3.90. The summed E-state index contributed by atoms with van der Waals surface area (Å²) in [5, 5.41) is 35.1. The van der Waals surface area contributed by atoms with E-state index in [1.54, 1.807) is 0 Å². The normalized spacial score (nSPS) is 20.1. The molecule has 0 rings (SSSR count). The molecule has 0 aromatic carbocycles. The van der Waals surface area contributed by atoms with E-state index in [9.17, 15) is 0 Å². The fraction of sp³-hybridized carbons (Fsp3) is 0.833. The Kier molecular flexibility index (Phi) is 4.97. The van der Waals surface area contributed by atoms with Gasteiger partial charge in [0.05, 0.1) is 6.61 Å². The lowest BCUT2D eigenvalue weighted by Crippen LogP contribution is -2.40. The molecular weight excluding hydrogens is 150 g/mol. The third-order valence-electron chi connectivity index (χ3n) is 1.23. The van der Waals surface area contributed by atoms with Crippen LogP contribution in [0.4, 0.5) is 0 Å². The van der Waals surface area contributed by atoms with E-state index in [1.165, 1.54) is 7.05 Å². The van der Waals surface area contributed by atoms with Crippen molar-refractivity contribution in [1.82, 2.24) is 0 Å². The predicted octanol–water partition coefficient (Wildman–Crippen LogP) is -2.24. The van der Waals surface area contributed by atoms with Gasteiger partial charge in [-0.25, -0.2) is 0 Å². The van der Waals surface area contributed by atoms with E-state index < -0.39 is 24.9 Å². The quantitative estimate of drug-likeness (QED) is 0.353. The number of aliphatic imine (C=N–C) groups is 1. The summed E-state index contributed by atoms with van der Waals surface area (Å²) in [7, 11) is 1.43. The summed E-state index contributed by atoms with van der Waals surface area (Å²) >= 11 is 0. The molecule has 5 nitrogen and oxygen atoms in total. The highest BCUT2D eigenvalue weighted by Crippen LogP contribution is 1.97. The van der Waals surface area contributed by atoms with Crippen molar-refractivity contribution < 1.29 is 20.4 Å². The monoisotopic (exact) mass is 163 g/mol. The first-order valence-electron chi connectivity index (χ1n) is 3.20. The minimum absolute atomic E-state index is 0.588. The van der Waals surface area contributed by atoms with E-state index in [0.717, 1.165) is 6.21 Å². The molecule has 0 aromatic rings. The van der Waals surface area contributed by atoms with Crippen molar-refractivity contribution >= 4 is 6.21 Å². The van der Waals surface area contributed by atoms with Gasteiger partial charge in [-0.1, -0.05) is 0 Å². The molecule has 11 heavy (non-hydrogen) atoms. The highest BCUT2D eigenvalue weighted by molar-refractivity contribution is 5.63. The highest BCUT2D eigenvalue weighted by Gasteiger charge is 2.21. The Morgan fingerprint density at radius 3 is 2.27 bits per heavy atom. The molecular formula is C6H13NO4. The van der Waals surface area contributed by atoms with Crippen LogP contribution in [-0.4, -0.2) is 58.6 Å². The number of nitrogens with zero attached hydrogens (tertiary/aromatic N) is 1. The first-order chi connectivity index (χ1) is 5.13. The maximum Gasteiger partial charge on any atom is 0.117 e. The molecule has 4 N–H and O–H groups in total. The van der Waals surface area contributed by atoms with Crippen molar-refractivity contribution in [1.29, 1.82) is 0 Å². The lowest BCUT2D eigenvalue weighted by atomic mass is 10.1. The molecule has 0 fully saturated rings. The fourth-order valence-electron chi connectivity index (χ4n) is 0.577. The zero-order valence-electron chi connectivity index (χ0n) is 6.25. The summed E-state index contributed by atoms with van der Waals surface area (Å²) in [6.07, 6.45) is -2.86. The summed E-state index contributed by atoms with van der Waals surface area (Å²) < 4.78 is 0. The van der Waals surface area contributed by atoms with Gasteiger partial charge in [0, 0.05) is 13.3 Å². The zero-order chi connectivity index (χ0) is 8.85. The third-order valence-corrected chi connectivity index (χ3v) is 1.23. The van der Waals surface area contributed by atoms with Crippen molar-refractivity contribution in [2.45, 2.75) is 18.3 Å². The van der Waals surface area contributed by atoms with Crippen LogP contribution in [-0.2, 0) is 0 Å². The first-order valence-corrected chi connectivity index (χ1v) is 3.20. The van der Waals surface area contributed by atoms with Crippen LogP contribution in [0.25, 0.3) is 0 Å². The van der Waals surface area contributed by atoms with E-state index in [1.807, 2.05) is 0 Å². The van der Waals surface area contributed by atoms with Gasteiger partial charge >= 0.3 is 0 Å². The Morgan fingerprint density at radius 1 is 1.36 bits per heavy atom. The average Bonchev–Trinajstić information content (AvgIpc) is 2.02. The van der Waals surface area contributed by atoms with Crippen LogP contribution in [0.5, 0.6) is 0 Å². The Bertz CT molecular complexity index is 128. The summed E-state index contributed by atoms with van der Waals surface area (Å²) in [6, 6.07) is 0. The molecule has 0 aromatic heterocycles. The van der Waals surface area contributed by atoms with Gasteiger partial charge in [-0.05, 0) is 0 Å². The van der Waals surface area contributed by atoms with Gasteiger partial charge in [-0.2, -0.15) is 0 Å². The molecule has 5 heteroatoms. The second-order valence-corrected chi connectivity index (χ2v) is 2.14. The summed E-state index contributed by atoms with van der Waals surface area (Å²) in [5.41, 5.74) is 0. The molecule has 3 atom stereocenters. The van der Waals surface area contributed by atoms with E-state index in [2.05, 4.69) is 4.99 Å². The third kappa shape index (κ3) is 3.43. The summed E-state index contributed by atoms with van der Waals surface area (Å²) in [6.45, 7) is -0.588. The molecule has 0 saturated carbocycles. The molecule has 66 valence electrons. The second kappa shape index (κ2) is 5.20. The molecule has 0 aliphatic rings. The zero-order valence-corrected chi connectivity index (χ0v) is 6.25. The molecule has 0 heterocycles. The minimum Gasteiger partial charge on any atom is -0.394 e. The molecule has 0 saturated heterocycles. The standard InChI is InChI=1S/C6H13NO4/c1-7-2-4(9)6(11)5(10)3-8/h2,4-6,8-11H,3H2,1H3/t4-,5-,6+/m1/s1. The number of aliphatic hydroxyl groups is 4.